The van der Waals surface area contributed by atoms with Crippen LogP contribution in [0.4, 0.5) is 4.39 Å². The van der Waals surface area contributed by atoms with Crippen molar-refractivity contribution in [3.8, 4) is 6.07 Å². The van der Waals surface area contributed by atoms with Crippen LogP contribution in [0.25, 0.3) is 0 Å². The molecule has 0 saturated heterocycles. The van der Waals surface area contributed by atoms with Gasteiger partial charge >= 0.3 is 0 Å². The number of hydrogen-bond acceptors (Lipinski definition) is 4. The van der Waals surface area contributed by atoms with Crippen LogP contribution in [-0.4, -0.2) is 29.9 Å². The number of aryl methyl sites for hydroxylation is 1. The van der Waals surface area contributed by atoms with E-state index in [0.29, 0.717) is 30.2 Å². The van der Waals surface area contributed by atoms with Gasteiger partial charge in [0.2, 0.25) is 0 Å². The third-order valence-corrected chi connectivity index (χ3v) is 4.08. The first kappa shape index (κ1) is 16.9. The van der Waals surface area contributed by atoms with E-state index < -0.39 is 5.82 Å². The zero-order valence-electron chi connectivity index (χ0n) is 13.3. The van der Waals surface area contributed by atoms with E-state index in [9.17, 15) is 4.39 Å². The first-order valence-corrected chi connectivity index (χ1v) is 7.92. The van der Waals surface area contributed by atoms with Crippen molar-refractivity contribution in [1.82, 2.24) is 15.2 Å². The van der Waals surface area contributed by atoms with Crippen LogP contribution < -0.4 is 5.32 Å². The number of nitrogens with one attached hydrogen (secondary N) is 1. The SMILES string of the molecule is CN=C(NCc1ccc(C#N)cc1F)N(C)Cc1csc(C)n1. The van der Waals surface area contributed by atoms with Gasteiger partial charge in [-0.2, -0.15) is 5.26 Å². The molecular weight excluding hydrogens is 313 g/mol. The highest BCUT2D eigenvalue weighted by molar-refractivity contribution is 7.09. The van der Waals surface area contributed by atoms with Crippen LogP contribution in [0.15, 0.2) is 28.6 Å². The lowest BCUT2D eigenvalue weighted by atomic mass is 10.1. The lowest BCUT2D eigenvalue weighted by molar-refractivity contribution is 0.469. The van der Waals surface area contributed by atoms with E-state index in [2.05, 4.69) is 15.3 Å². The van der Waals surface area contributed by atoms with E-state index in [1.165, 1.54) is 6.07 Å². The molecule has 120 valence electrons. The van der Waals surface area contributed by atoms with Crippen molar-refractivity contribution in [2.24, 2.45) is 4.99 Å². The summed E-state index contributed by atoms with van der Waals surface area (Å²) < 4.78 is 13.9. The Morgan fingerprint density at radius 1 is 1.52 bits per heavy atom. The minimum absolute atomic E-state index is 0.296. The second-order valence-electron chi connectivity index (χ2n) is 5.03. The summed E-state index contributed by atoms with van der Waals surface area (Å²) >= 11 is 1.61. The van der Waals surface area contributed by atoms with Gasteiger partial charge in [-0.05, 0) is 19.1 Å². The summed E-state index contributed by atoms with van der Waals surface area (Å²) in [7, 11) is 3.58. The number of nitrogens with zero attached hydrogens (tertiary/aromatic N) is 4. The predicted octanol–water partition coefficient (Wildman–Crippen LogP) is 2.67. The third-order valence-electron chi connectivity index (χ3n) is 3.26. The normalized spacial score (nSPS) is 11.2. The summed E-state index contributed by atoms with van der Waals surface area (Å²) in [4.78, 5) is 10.6. The summed E-state index contributed by atoms with van der Waals surface area (Å²) in [6, 6.07) is 6.37. The van der Waals surface area contributed by atoms with Crippen LogP contribution >= 0.6 is 11.3 Å². The van der Waals surface area contributed by atoms with Crippen molar-refractivity contribution >= 4 is 17.3 Å². The van der Waals surface area contributed by atoms with Crippen molar-refractivity contribution < 1.29 is 4.39 Å². The quantitative estimate of drug-likeness (QED) is 0.691. The van der Waals surface area contributed by atoms with Crippen molar-refractivity contribution in [2.45, 2.75) is 20.0 Å². The number of guanidine groups is 1. The van der Waals surface area contributed by atoms with E-state index in [1.807, 2.05) is 30.3 Å². The van der Waals surface area contributed by atoms with E-state index in [1.54, 1.807) is 30.5 Å². The number of rotatable bonds is 4. The first-order valence-electron chi connectivity index (χ1n) is 7.04. The molecule has 2 aromatic rings. The molecule has 1 heterocycles. The lowest BCUT2D eigenvalue weighted by Crippen LogP contribution is -2.38. The van der Waals surface area contributed by atoms with Gasteiger partial charge < -0.3 is 10.2 Å². The topological polar surface area (TPSA) is 64.3 Å². The average Bonchev–Trinajstić information content (AvgIpc) is 2.94. The van der Waals surface area contributed by atoms with Crippen LogP contribution in [0, 0.1) is 24.1 Å². The maximum absolute atomic E-state index is 13.9. The van der Waals surface area contributed by atoms with Crippen LogP contribution in [0.3, 0.4) is 0 Å². The van der Waals surface area contributed by atoms with Crippen LogP contribution in [-0.2, 0) is 13.1 Å². The van der Waals surface area contributed by atoms with Gasteiger partial charge in [-0.1, -0.05) is 6.07 Å². The zero-order chi connectivity index (χ0) is 16.8. The monoisotopic (exact) mass is 331 g/mol. The molecule has 0 saturated carbocycles. The third kappa shape index (κ3) is 4.50. The fraction of sp³-hybridized carbons (Fsp3) is 0.312. The Balaban J connectivity index is 1.98. The van der Waals surface area contributed by atoms with E-state index in [-0.39, 0.29) is 0 Å². The smallest absolute Gasteiger partial charge is 0.194 e. The molecule has 0 aliphatic carbocycles. The van der Waals surface area contributed by atoms with Gasteiger partial charge in [0.1, 0.15) is 5.82 Å². The van der Waals surface area contributed by atoms with Crippen LogP contribution in [0.5, 0.6) is 0 Å². The van der Waals surface area contributed by atoms with Crippen molar-refractivity contribution in [2.75, 3.05) is 14.1 Å². The molecule has 0 aliphatic rings. The number of thiazole rings is 1. The molecule has 7 heteroatoms. The molecule has 2 rings (SSSR count). The Bertz CT molecular complexity index is 747. The Labute approximate surface area is 139 Å². The molecule has 1 aromatic carbocycles. The maximum Gasteiger partial charge on any atom is 0.194 e. The highest BCUT2D eigenvalue weighted by Crippen LogP contribution is 2.11. The predicted molar refractivity (Wildman–Crippen MR) is 89.6 cm³/mol. The highest BCUT2D eigenvalue weighted by Gasteiger charge is 2.10. The summed E-state index contributed by atoms with van der Waals surface area (Å²) in [5, 5.41) is 14.9. The molecule has 0 aliphatic heterocycles. The number of hydrogen-bond donors (Lipinski definition) is 1. The number of benzene rings is 1. The molecule has 0 unspecified atom stereocenters. The molecular formula is C16H18FN5S. The van der Waals surface area contributed by atoms with Gasteiger partial charge in [-0.25, -0.2) is 9.37 Å². The minimum Gasteiger partial charge on any atom is -0.352 e. The van der Waals surface area contributed by atoms with Gasteiger partial charge in [0.05, 0.1) is 28.9 Å². The average molecular weight is 331 g/mol. The molecule has 0 amide bonds. The van der Waals surface area contributed by atoms with Gasteiger partial charge in [0, 0.05) is 31.6 Å². The maximum atomic E-state index is 13.9. The molecule has 0 fully saturated rings. The van der Waals surface area contributed by atoms with Gasteiger partial charge in [0.25, 0.3) is 0 Å². The van der Waals surface area contributed by atoms with Crippen LogP contribution in [0.2, 0.25) is 0 Å². The van der Waals surface area contributed by atoms with E-state index >= 15 is 0 Å². The van der Waals surface area contributed by atoms with Gasteiger partial charge in [-0.15, -0.1) is 11.3 Å². The number of nitriles is 1. The van der Waals surface area contributed by atoms with Gasteiger partial charge in [-0.3, -0.25) is 4.99 Å². The molecule has 5 nitrogen and oxygen atoms in total. The van der Waals surface area contributed by atoms with Crippen molar-refractivity contribution in [3.05, 3.63) is 51.2 Å². The second kappa shape index (κ2) is 7.70. The largest absolute Gasteiger partial charge is 0.352 e. The number of halogens is 1. The van der Waals surface area contributed by atoms with Crippen molar-refractivity contribution in [1.29, 1.82) is 5.26 Å². The molecule has 1 N–H and O–H groups in total. The second-order valence-corrected chi connectivity index (χ2v) is 6.09. The first-order chi connectivity index (χ1) is 11.0. The minimum atomic E-state index is -0.398. The van der Waals surface area contributed by atoms with Crippen molar-refractivity contribution in [3.63, 3.8) is 0 Å². The highest BCUT2D eigenvalue weighted by atomic mass is 32.1. The Kier molecular flexibility index (Phi) is 5.66. The fourth-order valence-electron chi connectivity index (χ4n) is 2.12. The van der Waals surface area contributed by atoms with E-state index in [4.69, 9.17) is 5.26 Å². The molecule has 0 atom stereocenters. The zero-order valence-corrected chi connectivity index (χ0v) is 14.1. The fourth-order valence-corrected chi connectivity index (χ4v) is 2.72. The molecule has 1 aromatic heterocycles. The Morgan fingerprint density at radius 3 is 2.87 bits per heavy atom. The number of aromatic nitrogens is 1. The lowest BCUT2D eigenvalue weighted by Gasteiger charge is -2.21. The molecule has 0 spiro atoms. The van der Waals surface area contributed by atoms with Crippen LogP contribution in [0.1, 0.15) is 21.8 Å². The van der Waals surface area contributed by atoms with E-state index in [0.717, 1.165) is 10.7 Å². The molecule has 23 heavy (non-hydrogen) atoms. The standard InChI is InChI=1S/C16H18FN5S/c1-11-21-14(10-23-11)9-22(3)16(19-2)20-8-13-5-4-12(7-18)6-15(13)17/h4-6,10H,8-9H2,1-3H3,(H,19,20). The molecule has 0 bridgehead atoms. The summed E-state index contributed by atoms with van der Waals surface area (Å²) in [5.74, 6) is 0.254. The summed E-state index contributed by atoms with van der Waals surface area (Å²) in [6.07, 6.45) is 0. The Hall–Kier alpha value is -2.46. The summed E-state index contributed by atoms with van der Waals surface area (Å²) in [5.41, 5.74) is 1.78. The van der Waals surface area contributed by atoms with Gasteiger partial charge in [0.15, 0.2) is 5.96 Å². The summed E-state index contributed by atoms with van der Waals surface area (Å²) in [6.45, 7) is 2.89. The Morgan fingerprint density at radius 2 is 2.30 bits per heavy atom. The molecule has 0 radical (unpaired) electrons. The number of aliphatic imine (C=N–C) groups is 1.